The van der Waals surface area contributed by atoms with Crippen LogP contribution in [0.1, 0.15) is 39.2 Å². The van der Waals surface area contributed by atoms with Crippen molar-refractivity contribution in [3.63, 3.8) is 0 Å². The minimum atomic E-state index is -4.31. The van der Waals surface area contributed by atoms with Crippen molar-refractivity contribution < 1.29 is 30.5 Å². The molecule has 0 saturated carbocycles. The first kappa shape index (κ1) is 20.9. The van der Waals surface area contributed by atoms with Gasteiger partial charge in [0.15, 0.2) is 5.71 Å². The highest BCUT2D eigenvalue weighted by Crippen LogP contribution is 2.44. The number of fused-ring (bicyclic) bond motifs is 3. The van der Waals surface area contributed by atoms with Gasteiger partial charge in [-0.1, -0.05) is 6.07 Å². The van der Waals surface area contributed by atoms with Crippen molar-refractivity contribution in [1.29, 1.82) is 0 Å². The molecule has 2 aromatic rings. The topological polar surface area (TPSA) is 112 Å². The van der Waals surface area contributed by atoms with E-state index in [9.17, 15) is 21.4 Å². The summed E-state index contributed by atoms with van der Waals surface area (Å²) in [5.74, 6) is -0.272. The molecule has 0 bridgehead atoms. The van der Waals surface area contributed by atoms with Gasteiger partial charge in [-0.25, -0.2) is 0 Å². The Morgan fingerprint density at radius 2 is 1.64 bits per heavy atom. The first-order chi connectivity index (χ1) is 12.8. The van der Waals surface area contributed by atoms with Crippen molar-refractivity contribution in [3.05, 3.63) is 35.9 Å². The van der Waals surface area contributed by atoms with Crippen molar-refractivity contribution >= 4 is 42.4 Å². The van der Waals surface area contributed by atoms with Crippen LogP contribution in [0.3, 0.4) is 0 Å². The van der Waals surface area contributed by atoms with Crippen LogP contribution in [-0.4, -0.2) is 48.5 Å². The molecule has 1 heterocycles. The second kappa shape index (κ2) is 6.91. The summed E-state index contributed by atoms with van der Waals surface area (Å²) < 4.78 is 65.5. The highest BCUT2D eigenvalue weighted by molar-refractivity contribution is 7.86. The predicted octanol–water partition coefficient (Wildman–Crippen LogP) is 3.15. The second-order valence-electron chi connectivity index (χ2n) is 7.67. The molecule has 28 heavy (non-hydrogen) atoms. The molecular weight excluding hydrogens is 402 g/mol. The van der Waals surface area contributed by atoms with E-state index in [1.165, 1.54) is 12.1 Å². The van der Waals surface area contributed by atoms with E-state index in [4.69, 9.17) is 4.55 Å². The Morgan fingerprint density at radius 1 is 1.00 bits per heavy atom. The molecule has 0 spiro atoms. The highest BCUT2D eigenvalue weighted by Gasteiger charge is 2.44. The Balaban J connectivity index is 2.06. The smallest absolute Gasteiger partial charge is 0.286 e. The maximum atomic E-state index is 11.6. The van der Waals surface area contributed by atoms with Crippen LogP contribution >= 0.6 is 0 Å². The molecule has 0 atom stereocenters. The van der Waals surface area contributed by atoms with Crippen molar-refractivity contribution in [2.24, 2.45) is 0 Å². The van der Waals surface area contributed by atoms with E-state index in [0.717, 1.165) is 27.7 Å². The second-order valence-corrected chi connectivity index (χ2v) is 10.7. The SMILES string of the molecule is CC1=[N+](CCCCS(=O)(=O)O)c2ccc3ccc(S(=O)(=O)O)cc3c2C1(C)C. The van der Waals surface area contributed by atoms with E-state index in [-0.39, 0.29) is 16.1 Å². The maximum Gasteiger partial charge on any atom is 0.294 e. The quantitative estimate of drug-likeness (QED) is 0.417. The van der Waals surface area contributed by atoms with Crippen LogP contribution in [0.25, 0.3) is 10.8 Å². The fraction of sp³-hybridized carbons (Fsp3) is 0.421. The predicted molar refractivity (Wildman–Crippen MR) is 108 cm³/mol. The van der Waals surface area contributed by atoms with Crippen molar-refractivity contribution in [1.82, 2.24) is 0 Å². The third kappa shape index (κ3) is 3.84. The molecule has 0 aliphatic carbocycles. The average Bonchev–Trinajstić information content (AvgIpc) is 2.77. The zero-order chi connectivity index (χ0) is 20.9. The van der Waals surface area contributed by atoms with Gasteiger partial charge in [-0.2, -0.15) is 21.4 Å². The maximum absolute atomic E-state index is 11.6. The molecule has 1 aliphatic heterocycles. The van der Waals surface area contributed by atoms with Gasteiger partial charge in [0.1, 0.15) is 6.54 Å². The number of nitrogens with zero attached hydrogens (tertiary/aromatic N) is 1. The van der Waals surface area contributed by atoms with Gasteiger partial charge in [-0.3, -0.25) is 9.11 Å². The third-order valence-corrected chi connectivity index (χ3v) is 7.18. The third-order valence-electron chi connectivity index (χ3n) is 5.53. The van der Waals surface area contributed by atoms with Crippen LogP contribution in [0.5, 0.6) is 0 Å². The van der Waals surface area contributed by atoms with Gasteiger partial charge in [-0.15, -0.1) is 0 Å². The van der Waals surface area contributed by atoms with E-state index >= 15 is 0 Å². The van der Waals surface area contributed by atoms with Crippen LogP contribution in [0.2, 0.25) is 0 Å². The lowest BCUT2D eigenvalue weighted by Crippen LogP contribution is -2.27. The Labute approximate surface area is 165 Å². The number of unbranched alkanes of at least 4 members (excludes halogenated alkanes) is 1. The van der Waals surface area contributed by atoms with E-state index in [1.54, 1.807) is 6.07 Å². The summed E-state index contributed by atoms with van der Waals surface area (Å²) >= 11 is 0. The fourth-order valence-corrected chi connectivity index (χ4v) is 4.95. The monoisotopic (exact) mass is 426 g/mol. The van der Waals surface area contributed by atoms with Gasteiger partial charge in [0.2, 0.25) is 5.69 Å². The molecule has 0 fully saturated rings. The standard InChI is InChI=1S/C19H23NO6S2/c1-13-19(2,3)18-16-12-15(28(24,25)26)8-6-14(16)7-9-17(18)20(13)10-4-5-11-27(21,22)23/h6-9,12H,4-5,10-11H2,1-3H3,(H-,21,22,23,24,25,26)/p+1. The van der Waals surface area contributed by atoms with Crippen LogP contribution in [0, 0.1) is 0 Å². The molecule has 9 heteroatoms. The van der Waals surface area contributed by atoms with E-state index < -0.39 is 20.2 Å². The van der Waals surface area contributed by atoms with Gasteiger partial charge in [-0.05, 0) is 49.2 Å². The molecule has 3 rings (SSSR count). The van der Waals surface area contributed by atoms with Crippen LogP contribution < -0.4 is 0 Å². The lowest BCUT2D eigenvalue weighted by atomic mass is 9.80. The molecule has 152 valence electrons. The van der Waals surface area contributed by atoms with Crippen LogP contribution in [0.4, 0.5) is 5.69 Å². The molecule has 0 unspecified atom stereocenters. The molecule has 2 N–H and O–H groups in total. The largest absolute Gasteiger partial charge is 0.294 e. The molecule has 0 saturated heterocycles. The molecule has 0 radical (unpaired) electrons. The molecule has 0 amide bonds. The number of hydrogen-bond acceptors (Lipinski definition) is 4. The zero-order valence-electron chi connectivity index (χ0n) is 16.0. The van der Waals surface area contributed by atoms with Gasteiger partial charge in [0.05, 0.1) is 16.1 Å². The summed E-state index contributed by atoms with van der Waals surface area (Å²) in [6.07, 6.45) is 0.925. The Bertz CT molecular complexity index is 1190. The van der Waals surface area contributed by atoms with Gasteiger partial charge < -0.3 is 0 Å². The average molecular weight is 427 g/mol. The summed E-state index contributed by atoms with van der Waals surface area (Å²) in [5, 5.41) is 1.64. The van der Waals surface area contributed by atoms with E-state index in [0.29, 0.717) is 19.4 Å². The number of rotatable bonds is 6. The minimum absolute atomic E-state index is 0.145. The Hall–Kier alpha value is -1.81. The highest BCUT2D eigenvalue weighted by atomic mass is 32.2. The van der Waals surface area contributed by atoms with E-state index in [1.807, 2.05) is 19.1 Å². The van der Waals surface area contributed by atoms with E-state index in [2.05, 4.69) is 18.4 Å². The van der Waals surface area contributed by atoms with Gasteiger partial charge >= 0.3 is 0 Å². The summed E-state index contributed by atoms with van der Waals surface area (Å²) in [5.41, 5.74) is 2.62. The van der Waals surface area contributed by atoms with Gasteiger partial charge in [0.25, 0.3) is 20.2 Å². The first-order valence-electron chi connectivity index (χ1n) is 8.94. The van der Waals surface area contributed by atoms with Crippen molar-refractivity contribution in [2.75, 3.05) is 12.3 Å². The summed E-state index contributed by atoms with van der Waals surface area (Å²) in [4.78, 5) is -0.145. The molecule has 7 nitrogen and oxygen atoms in total. The van der Waals surface area contributed by atoms with Crippen LogP contribution in [0.15, 0.2) is 35.2 Å². The van der Waals surface area contributed by atoms with Crippen molar-refractivity contribution in [3.8, 4) is 0 Å². The zero-order valence-corrected chi connectivity index (χ0v) is 17.6. The summed E-state index contributed by atoms with van der Waals surface area (Å²) in [7, 11) is -8.28. The summed E-state index contributed by atoms with van der Waals surface area (Å²) in [6, 6.07) is 8.45. The van der Waals surface area contributed by atoms with Gasteiger partial charge in [0, 0.05) is 25.0 Å². The molecular formula is C19H24NO6S2+. The molecule has 2 aromatic carbocycles. The minimum Gasteiger partial charge on any atom is -0.286 e. The van der Waals surface area contributed by atoms with Crippen LogP contribution in [-0.2, 0) is 25.7 Å². The normalized spacial score (nSPS) is 16.6. The fourth-order valence-electron chi connectivity index (χ4n) is 3.87. The number of benzene rings is 2. The summed E-state index contributed by atoms with van der Waals surface area (Å²) in [6.45, 7) is 6.69. The Kier molecular flexibility index (Phi) is 5.16. The first-order valence-corrected chi connectivity index (χ1v) is 12.0. The lowest BCUT2D eigenvalue weighted by Gasteiger charge is -2.17. The Morgan fingerprint density at radius 3 is 2.25 bits per heavy atom. The van der Waals surface area contributed by atoms with Crippen molar-refractivity contribution in [2.45, 2.75) is 43.9 Å². The molecule has 1 aliphatic rings. The lowest BCUT2D eigenvalue weighted by molar-refractivity contribution is -0.439. The number of hydrogen-bond donors (Lipinski definition) is 2. The molecule has 0 aromatic heterocycles.